The summed E-state index contributed by atoms with van der Waals surface area (Å²) in [5, 5.41) is 10.7. The average Bonchev–Trinajstić information content (AvgIpc) is 2.60. The summed E-state index contributed by atoms with van der Waals surface area (Å²) in [4.78, 5) is 0. The van der Waals surface area contributed by atoms with Gasteiger partial charge in [0.15, 0.2) is 0 Å². The van der Waals surface area contributed by atoms with Crippen LogP contribution in [0.4, 0.5) is 0 Å². The second kappa shape index (κ2) is 6.88. The molecule has 0 saturated carbocycles. The summed E-state index contributed by atoms with van der Waals surface area (Å²) in [5.41, 5.74) is 6.88. The maximum Gasteiger partial charge on any atom is 0.124 e. The molecule has 0 spiro atoms. The number of phenolic OH excluding ortho intramolecular Hbond substituents is 1. The molecule has 0 aliphatic carbocycles. The average molecular weight is 359 g/mol. The van der Waals surface area contributed by atoms with Gasteiger partial charge in [-0.1, -0.05) is 102 Å². The first-order chi connectivity index (χ1) is 12.6. The van der Waals surface area contributed by atoms with Crippen molar-refractivity contribution in [1.29, 1.82) is 0 Å². The lowest BCUT2D eigenvalue weighted by Gasteiger charge is -2.27. The molecule has 0 bridgehead atoms. The number of phenols is 1. The molecule has 27 heavy (non-hydrogen) atoms. The highest BCUT2D eigenvalue weighted by atomic mass is 16.3. The third-order valence-electron chi connectivity index (χ3n) is 5.08. The van der Waals surface area contributed by atoms with E-state index in [9.17, 15) is 5.11 Å². The van der Waals surface area contributed by atoms with Gasteiger partial charge in [0.1, 0.15) is 5.75 Å². The van der Waals surface area contributed by atoms with Crippen molar-refractivity contribution in [3.63, 3.8) is 0 Å². The summed E-state index contributed by atoms with van der Waals surface area (Å²) >= 11 is 0. The fraction of sp³-hybridized carbons (Fsp3) is 0.308. The van der Waals surface area contributed by atoms with E-state index >= 15 is 0 Å². The molecule has 0 saturated heterocycles. The summed E-state index contributed by atoms with van der Waals surface area (Å²) < 4.78 is 0. The van der Waals surface area contributed by atoms with Crippen molar-refractivity contribution in [2.24, 2.45) is 0 Å². The molecule has 0 aliphatic heterocycles. The maximum atomic E-state index is 10.7. The Morgan fingerprint density at radius 1 is 0.593 bits per heavy atom. The largest absolute Gasteiger partial charge is 0.507 e. The van der Waals surface area contributed by atoms with Gasteiger partial charge >= 0.3 is 0 Å². The zero-order valence-electron chi connectivity index (χ0n) is 17.3. The molecule has 0 aliphatic rings. The molecule has 1 heteroatoms. The Kier molecular flexibility index (Phi) is 4.90. The Morgan fingerprint density at radius 2 is 1.15 bits per heavy atom. The van der Waals surface area contributed by atoms with Crippen LogP contribution in [0.2, 0.25) is 0 Å². The molecule has 0 aromatic heterocycles. The topological polar surface area (TPSA) is 20.2 Å². The molecule has 0 fully saturated rings. The van der Waals surface area contributed by atoms with Gasteiger partial charge in [-0.15, -0.1) is 0 Å². The quantitative estimate of drug-likeness (QED) is 0.509. The molecule has 140 valence electrons. The molecule has 3 rings (SSSR count). The zero-order valence-corrected chi connectivity index (χ0v) is 17.3. The van der Waals surface area contributed by atoms with E-state index in [1.54, 1.807) is 6.07 Å². The lowest BCUT2D eigenvalue weighted by Crippen LogP contribution is -2.16. The molecule has 3 aromatic rings. The smallest absolute Gasteiger partial charge is 0.124 e. The van der Waals surface area contributed by atoms with Crippen LogP contribution in [0.3, 0.4) is 0 Å². The van der Waals surface area contributed by atoms with Gasteiger partial charge in [-0.2, -0.15) is 0 Å². The van der Waals surface area contributed by atoms with Crippen LogP contribution in [0.1, 0.15) is 52.7 Å². The Balaban J connectivity index is 2.31. The molecule has 1 N–H and O–H groups in total. The SMILES string of the molecule is CC(C)(C)c1cc(-c2cccc(O)c2-c2ccccc2)cc(C(C)(C)C)c1. The van der Waals surface area contributed by atoms with Crippen LogP contribution in [-0.2, 0) is 10.8 Å². The first-order valence-corrected chi connectivity index (χ1v) is 9.61. The first-order valence-electron chi connectivity index (χ1n) is 9.61. The Bertz CT molecular complexity index is 906. The van der Waals surface area contributed by atoms with Crippen LogP contribution in [0.15, 0.2) is 66.7 Å². The van der Waals surface area contributed by atoms with Gasteiger partial charge in [0.05, 0.1) is 0 Å². The number of hydrogen-bond acceptors (Lipinski definition) is 1. The van der Waals surface area contributed by atoms with Gasteiger partial charge in [0, 0.05) is 5.56 Å². The predicted molar refractivity (Wildman–Crippen MR) is 116 cm³/mol. The van der Waals surface area contributed by atoms with Crippen molar-refractivity contribution in [3.05, 3.63) is 77.9 Å². The summed E-state index contributed by atoms with van der Waals surface area (Å²) in [7, 11) is 0. The van der Waals surface area contributed by atoms with Gasteiger partial charge in [0.2, 0.25) is 0 Å². The maximum absolute atomic E-state index is 10.7. The molecule has 0 heterocycles. The molecule has 1 nitrogen and oxygen atoms in total. The van der Waals surface area contributed by atoms with Crippen molar-refractivity contribution in [3.8, 4) is 28.0 Å². The van der Waals surface area contributed by atoms with E-state index in [1.807, 2.05) is 24.3 Å². The molecule has 3 aromatic carbocycles. The summed E-state index contributed by atoms with van der Waals surface area (Å²) in [6.45, 7) is 13.5. The minimum absolute atomic E-state index is 0.0553. The van der Waals surface area contributed by atoms with Crippen molar-refractivity contribution in [2.45, 2.75) is 52.4 Å². The fourth-order valence-corrected chi connectivity index (χ4v) is 3.34. The van der Waals surface area contributed by atoms with Crippen LogP contribution in [0.5, 0.6) is 5.75 Å². The van der Waals surface area contributed by atoms with Gasteiger partial charge < -0.3 is 5.11 Å². The van der Waals surface area contributed by atoms with E-state index in [0.29, 0.717) is 5.75 Å². The van der Waals surface area contributed by atoms with Crippen molar-refractivity contribution in [2.75, 3.05) is 0 Å². The summed E-state index contributed by atoms with van der Waals surface area (Å²) in [6.07, 6.45) is 0. The Morgan fingerprint density at radius 3 is 1.67 bits per heavy atom. The predicted octanol–water partition coefficient (Wildman–Crippen LogP) is 7.32. The number of hydrogen-bond donors (Lipinski definition) is 1. The van der Waals surface area contributed by atoms with Gasteiger partial charge in [0.25, 0.3) is 0 Å². The van der Waals surface area contributed by atoms with Gasteiger partial charge in [-0.25, -0.2) is 0 Å². The zero-order chi connectivity index (χ0) is 19.8. The number of rotatable bonds is 2. The van der Waals surface area contributed by atoms with Crippen LogP contribution in [0, 0.1) is 0 Å². The Labute approximate surface area is 163 Å². The van der Waals surface area contributed by atoms with Crippen molar-refractivity contribution >= 4 is 0 Å². The van der Waals surface area contributed by atoms with Crippen LogP contribution < -0.4 is 0 Å². The van der Waals surface area contributed by atoms with Crippen molar-refractivity contribution in [1.82, 2.24) is 0 Å². The molecule has 0 unspecified atom stereocenters. The van der Waals surface area contributed by atoms with E-state index in [1.165, 1.54) is 11.1 Å². The third-order valence-corrected chi connectivity index (χ3v) is 5.08. The standard InChI is InChI=1S/C26H30O/c1-25(2,3)20-15-19(16-21(17-20)26(4,5)6)22-13-10-14-23(27)24(22)18-11-8-7-9-12-18/h7-17,27H,1-6H3. The third kappa shape index (κ3) is 4.08. The number of benzene rings is 3. The van der Waals surface area contributed by atoms with E-state index in [4.69, 9.17) is 0 Å². The van der Waals surface area contributed by atoms with Gasteiger partial charge in [-0.05, 0) is 44.7 Å². The number of aromatic hydroxyl groups is 1. The van der Waals surface area contributed by atoms with Crippen LogP contribution >= 0.6 is 0 Å². The second-order valence-electron chi connectivity index (χ2n) is 9.36. The summed E-state index contributed by atoms with van der Waals surface area (Å²) in [5.74, 6) is 0.317. The van der Waals surface area contributed by atoms with E-state index in [2.05, 4.69) is 77.9 Å². The molecular weight excluding hydrogens is 328 g/mol. The summed E-state index contributed by atoms with van der Waals surface area (Å²) in [6, 6.07) is 22.8. The van der Waals surface area contributed by atoms with Gasteiger partial charge in [-0.3, -0.25) is 0 Å². The van der Waals surface area contributed by atoms with Crippen molar-refractivity contribution < 1.29 is 5.11 Å². The normalized spacial score (nSPS) is 12.2. The monoisotopic (exact) mass is 358 g/mol. The highest BCUT2D eigenvalue weighted by Gasteiger charge is 2.22. The fourth-order valence-electron chi connectivity index (χ4n) is 3.34. The molecular formula is C26H30O. The minimum atomic E-state index is 0.0553. The first kappa shape index (κ1) is 19.2. The highest BCUT2D eigenvalue weighted by molar-refractivity contribution is 5.87. The van der Waals surface area contributed by atoms with E-state index < -0.39 is 0 Å². The second-order valence-corrected chi connectivity index (χ2v) is 9.36. The lowest BCUT2D eigenvalue weighted by atomic mass is 9.78. The highest BCUT2D eigenvalue weighted by Crippen LogP contribution is 2.41. The Hall–Kier alpha value is -2.54. The molecule has 0 atom stereocenters. The lowest BCUT2D eigenvalue weighted by molar-refractivity contribution is 0.477. The van der Waals surface area contributed by atoms with E-state index in [-0.39, 0.29) is 10.8 Å². The molecule has 0 amide bonds. The van der Waals surface area contributed by atoms with Crippen LogP contribution in [0.25, 0.3) is 22.3 Å². The molecule has 0 radical (unpaired) electrons. The van der Waals surface area contributed by atoms with Crippen LogP contribution in [-0.4, -0.2) is 5.11 Å². The minimum Gasteiger partial charge on any atom is -0.507 e. The van der Waals surface area contributed by atoms with E-state index in [0.717, 1.165) is 22.3 Å².